The lowest BCUT2D eigenvalue weighted by Crippen LogP contribution is -2.60. The number of rotatable bonds is 4. The summed E-state index contributed by atoms with van der Waals surface area (Å²) in [4.78, 5) is 21.5. The lowest BCUT2D eigenvalue weighted by molar-refractivity contribution is -0.0119. The number of carbonyl (C=O) groups excluding carboxylic acids is 1. The molecule has 1 spiro atoms. The highest BCUT2D eigenvalue weighted by Crippen LogP contribution is 2.46. The molecule has 3 saturated heterocycles. The Morgan fingerprint density at radius 2 is 2.29 bits per heavy atom. The molecule has 0 saturated carbocycles. The van der Waals surface area contributed by atoms with Gasteiger partial charge in [-0.05, 0) is 32.1 Å². The van der Waals surface area contributed by atoms with Crippen LogP contribution in [0, 0.1) is 12.8 Å². The molecule has 132 valence electrons. The van der Waals surface area contributed by atoms with Crippen molar-refractivity contribution in [2.45, 2.75) is 37.0 Å². The number of hydrogen-bond donors (Lipinski definition) is 1. The summed E-state index contributed by atoms with van der Waals surface area (Å²) in [7, 11) is 0. The average molecular weight is 351 g/mol. The maximum absolute atomic E-state index is 12.5. The average Bonchev–Trinajstić information content (AvgIpc) is 3.18. The molecular weight excluding hydrogens is 326 g/mol. The van der Waals surface area contributed by atoms with Gasteiger partial charge >= 0.3 is 0 Å². The number of carbonyl (C=O) groups is 1. The van der Waals surface area contributed by atoms with E-state index in [0.29, 0.717) is 17.7 Å². The summed E-state index contributed by atoms with van der Waals surface area (Å²) in [6, 6.07) is 0. The van der Waals surface area contributed by atoms with Crippen molar-refractivity contribution >= 4 is 17.7 Å². The van der Waals surface area contributed by atoms with Crippen LogP contribution in [-0.4, -0.2) is 70.3 Å². The SMILES string of the molecule is Cc1[nH]cnc1C(=O)N1CC2(C[C@H](OCC3CCOCC3)CS2)C1. The van der Waals surface area contributed by atoms with Gasteiger partial charge in [0.25, 0.3) is 5.91 Å². The third kappa shape index (κ3) is 3.21. The Kier molecular flexibility index (Phi) is 4.58. The van der Waals surface area contributed by atoms with Crippen LogP contribution in [0.1, 0.15) is 35.4 Å². The molecule has 6 nitrogen and oxygen atoms in total. The standard InChI is InChI=1S/C17H25N3O3S/c1-12-15(19-11-18-12)16(21)20-9-17(10-20)6-14(8-24-17)23-7-13-2-4-22-5-3-13/h11,13-14H,2-10H2,1H3,(H,18,19)/t14-/m0/s1. The molecule has 0 aromatic carbocycles. The van der Waals surface area contributed by atoms with Crippen molar-refractivity contribution in [3.05, 3.63) is 17.7 Å². The molecule has 1 atom stereocenters. The molecule has 1 amide bonds. The Labute approximate surface area is 146 Å². The van der Waals surface area contributed by atoms with Crippen LogP contribution in [-0.2, 0) is 9.47 Å². The number of imidazole rings is 1. The molecule has 0 unspecified atom stereocenters. The summed E-state index contributed by atoms with van der Waals surface area (Å²) in [5.41, 5.74) is 1.40. The van der Waals surface area contributed by atoms with E-state index in [1.165, 1.54) is 0 Å². The third-order valence-electron chi connectivity index (χ3n) is 5.36. The number of aromatic nitrogens is 2. The maximum atomic E-state index is 12.5. The zero-order valence-corrected chi connectivity index (χ0v) is 14.9. The van der Waals surface area contributed by atoms with Gasteiger partial charge in [-0.1, -0.05) is 0 Å². The van der Waals surface area contributed by atoms with E-state index in [0.717, 1.165) is 63.6 Å². The van der Waals surface area contributed by atoms with Crippen LogP contribution in [0.4, 0.5) is 0 Å². The molecule has 0 bridgehead atoms. The van der Waals surface area contributed by atoms with Crippen LogP contribution in [0.25, 0.3) is 0 Å². The summed E-state index contributed by atoms with van der Waals surface area (Å²) < 4.78 is 11.8. The number of nitrogens with zero attached hydrogens (tertiary/aromatic N) is 2. The predicted molar refractivity (Wildman–Crippen MR) is 92.3 cm³/mol. The monoisotopic (exact) mass is 351 g/mol. The lowest BCUT2D eigenvalue weighted by Gasteiger charge is -2.47. The van der Waals surface area contributed by atoms with E-state index >= 15 is 0 Å². The first kappa shape index (κ1) is 16.4. The van der Waals surface area contributed by atoms with Crippen molar-refractivity contribution in [1.82, 2.24) is 14.9 Å². The fraction of sp³-hybridized carbons (Fsp3) is 0.765. The summed E-state index contributed by atoms with van der Waals surface area (Å²) in [5.74, 6) is 1.75. The van der Waals surface area contributed by atoms with Gasteiger partial charge in [-0.2, -0.15) is 0 Å². The molecule has 3 aliphatic heterocycles. The summed E-state index contributed by atoms with van der Waals surface area (Å²) in [6.07, 6.45) is 5.22. The van der Waals surface area contributed by atoms with Crippen molar-refractivity contribution in [2.75, 3.05) is 38.7 Å². The van der Waals surface area contributed by atoms with Gasteiger partial charge in [0.05, 0.1) is 17.2 Å². The Morgan fingerprint density at radius 1 is 1.50 bits per heavy atom. The van der Waals surface area contributed by atoms with E-state index in [1.54, 1.807) is 6.33 Å². The first-order valence-electron chi connectivity index (χ1n) is 8.78. The normalized spacial score (nSPS) is 26.7. The number of thioether (sulfide) groups is 1. The van der Waals surface area contributed by atoms with Gasteiger partial charge < -0.3 is 19.4 Å². The van der Waals surface area contributed by atoms with E-state index in [4.69, 9.17) is 9.47 Å². The number of likely N-dealkylation sites (tertiary alicyclic amines) is 1. The number of H-pyrrole nitrogens is 1. The number of aromatic amines is 1. The van der Waals surface area contributed by atoms with Gasteiger partial charge in [-0.3, -0.25) is 4.79 Å². The van der Waals surface area contributed by atoms with Crippen LogP contribution in [0.3, 0.4) is 0 Å². The fourth-order valence-electron chi connectivity index (χ4n) is 3.83. The van der Waals surface area contributed by atoms with Crippen LogP contribution in [0.15, 0.2) is 6.33 Å². The van der Waals surface area contributed by atoms with Gasteiger partial charge in [0.1, 0.15) is 5.69 Å². The minimum absolute atomic E-state index is 0.0477. The number of nitrogens with one attached hydrogen (secondary N) is 1. The van der Waals surface area contributed by atoms with Crippen molar-refractivity contribution < 1.29 is 14.3 Å². The van der Waals surface area contributed by atoms with Crippen molar-refractivity contribution in [3.8, 4) is 0 Å². The minimum atomic E-state index is 0.0477. The number of aryl methyl sites for hydroxylation is 1. The quantitative estimate of drug-likeness (QED) is 0.897. The number of amides is 1. The topological polar surface area (TPSA) is 67.5 Å². The van der Waals surface area contributed by atoms with Crippen LogP contribution in [0.2, 0.25) is 0 Å². The Bertz CT molecular complexity index is 594. The smallest absolute Gasteiger partial charge is 0.274 e. The van der Waals surface area contributed by atoms with Crippen LogP contribution >= 0.6 is 11.8 Å². The number of hydrogen-bond acceptors (Lipinski definition) is 5. The third-order valence-corrected chi connectivity index (χ3v) is 6.94. The second-order valence-corrected chi connectivity index (χ2v) is 8.73. The van der Waals surface area contributed by atoms with Crippen molar-refractivity contribution in [3.63, 3.8) is 0 Å². The summed E-state index contributed by atoms with van der Waals surface area (Å²) in [5, 5.41) is 0. The Morgan fingerprint density at radius 3 is 3.00 bits per heavy atom. The molecule has 1 N–H and O–H groups in total. The summed E-state index contributed by atoms with van der Waals surface area (Å²) in [6.45, 7) is 6.14. The number of ether oxygens (including phenoxy) is 2. The van der Waals surface area contributed by atoms with Gasteiger partial charge in [0, 0.05) is 44.4 Å². The van der Waals surface area contributed by atoms with E-state index in [2.05, 4.69) is 9.97 Å². The fourth-order valence-corrected chi connectivity index (χ4v) is 5.38. The van der Waals surface area contributed by atoms with Crippen molar-refractivity contribution in [1.29, 1.82) is 0 Å². The predicted octanol–water partition coefficient (Wildman–Crippen LogP) is 1.86. The maximum Gasteiger partial charge on any atom is 0.274 e. The highest BCUT2D eigenvalue weighted by Gasteiger charge is 2.51. The molecule has 24 heavy (non-hydrogen) atoms. The molecule has 3 fully saturated rings. The zero-order chi connectivity index (χ0) is 16.6. The van der Waals surface area contributed by atoms with Gasteiger partial charge in [-0.25, -0.2) is 4.98 Å². The first-order valence-corrected chi connectivity index (χ1v) is 9.76. The van der Waals surface area contributed by atoms with Crippen LogP contribution < -0.4 is 0 Å². The molecule has 1 aromatic rings. The van der Waals surface area contributed by atoms with Crippen molar-refractivity contribution in [2.24, 2.45) is 5.92 Å². The first-order chi connectivity index (χ1) is 11.7. The molecule has 7 heteroatoms. The lowest BCUT2D eigenvalue weighted by atomic mass is 9.92. The largest absolute Gasteiger partial charge is 0.381 e. The second-order valence-electron chi connectivity index (χ2n) is 7.25. The zero-order valence-electron chi connectivity index (χ0n) is 14.1. The highest BCUT2D eigenvalue weighted by atomic mass is 32.2. The molecule has 0 radical (unpaired) electrons. The van der Waals surface area contributed by atoms with E-state index in [1.807, 2.05) is 23.6 Å². The molecule has 4 rings (SSSR count). The van der Waals surface area contributed by atoms with E-state index in [-0.39, 0.29) is 10.7 Å². The van der Waals surface area contributed by atoms with Gasteiger partial charge in [0.15, 0.2) is 0 Å². The Hall–Kier alpha value is -1.05. The van der Waals surface area contributed by atoms with Crippen LogP contribution in [0.5, 0.6) is 0 Å². The van der Waals surface area contributed by atoms with E-state index < -0.39 is 0 Å². The molecular formula is C17H25N3O3S. The molecule has 0 aliphatic carbocycles. The Balaban J connectivity index is 1.24. The molecule has 1 aromatic heterocycles. The van der Waals surface area contributed by atoms with E-state index in [9.17, 15) is 4.79 Å². The second kappa shape index (κ2) is 6.69. The summed E-state index contributed by atoms with van der Waals surface area (Å²) >= 11 is 1.98. The van der Waals surface area contributed by atoms with Gasteiger partial charge in [-0.15, -0.1) is 11.8 Å². The highest BCUT2D eigenvalue weighted by molar-refractivity contribution is 8.01. The minimum Gasteiger partial charge on any atom is -0.381 e. The molecule has 3 aliphatic rings. The molecule has 4 heterocycles. The van der Waals surface area contributed by atoms with Gasteiger partial charge in [0.2, 0.25) is 0 Å².